The third kappa shape index (κ3) is 13.3. The van der Waals surface area contributed by atoms with E-state index >= 15 is 0 Å². The first kappa shape index (κ1) is 64.9. The molecule has 80 heavy (non-hydrogen) atoms. The second-order valence-corrected chi connectivity index (χ2v) is 21.6. The highest BCUT2D eigenvalue weighted by Crippen LogP contribution is 2.53. The van der Waals surface area contributed by atoms with Crippen LogP contribution in [0, 0.1) is 0 Å². The molecular formula is C44H74O35S. The highest BCUT2D eigenvalue weighted by atomic mass is 32.2. The molecule has 0 aromatic rings. The van der Waals surface area contributed by atoms with Crippen LogP contribution >= 0.6 is 11.8 Å². The number of thioether (sulfide) groups is 1. The molecule has 0 aromatic carbocycles. The van der Waals surface area contributed by atoms with Gasteiger partial charge in [-0.05, 0) is 0 Å². The maximum atomic E-state index is 11.4. The zero-order valence-electron chi connectivity index (χ0n) is 42.1. The normalized spacial score (nSPS) is 52.8. The molecule has 8 fully saturated rings. The van der Waals surface area contributed by atoms with Crippen molar-refractivity contribution in [1.29, 1.82) is 0 Å². The van der Waals surface area contributed by atoms with E-state index in [1.54, 1.807) is 0 Å². The third-order valence-corrected chi connectivity index (χ3v) is 16.5. The fourth-order valence-corrected chi connectivity index (χ4v) is 11.8. The van der Waals surface area contributed by atoms with Crippen LogP contribution in [0.5, 0.6) is 0 Å². The average molecular weight is 1200 g/mol. The smallest absolute Gasteiger partial charge is 0.187 e. The number of fused-ring (bicyclic) bond motifs is 1. The van der Waals surface area contributed by atoms with Crippen molar-refractivity contribution in [2.24, 2.45) is 0 Å². The molecule has 466 valence electrons. The molecule has 0 aliphatic carbocycles. The number of aliphatic hydroxyl groups excluding tert-OH is 21. The van der Waals surface area contributed by atoms with Crippen LogP contribution in [-0.2, 0) is 66.3 Å². The topological polar surface area (TPSA) is 554 Å². The Bertz CT molecular complexity index is 1880. The number of hydrogen-bond acceptors (Lipinski definition) is 36. The minimum atomic E-state index is -2.20. The van der Waals surface area contributed by atoms with Gasteiger partial charge in [-0.25, -0.2) is 0 Å². The van der Waals surface area contributed by atoms with Gasteiger partial charge in [0, 0.05) is 0 Å². The van der Waals surface area contributed by atoms with Gasteiger partial charge in [-0.1, -0.05) is 0 Å². The maximum Gasteiger partial charge on any atom is 0.187 e. The number of hydrogen-bond donors (Lipinski definition) is 21. The zero-order valence-corrected chi connectivity index (χ0v) is 42.9. The van der Waals surface area contributed by atoms with E-state index in [1.165, 1.54) is 11.8 Å². The van der Waals surface area contributed by atoms with Gasteiger partial charge >= 0.3 is 0 Å². The van der Waals surface area contributed by atoms with E-state index in [1.807, 2.05) is 0 Å². The summed E-state index contributed by atoms with van der Waals surface area (Å²) >= 11 is 1.38. The molecule has 35 nitrogen and oxygen atoms in total. The second-order valence-electron chi connectivity index (χ2n) is 20.2. The van der Waals surface area contributed by atoms with Crippen molar-refractivity contribution in [3.8, 4) is 0 Å². The Balaban J connectivity index is 0.852. The highest BCUT2D eigenvalue weighted by molar-refractivity contribution is 8.07. The molecule has 0 unspecified atom stereocenters. The minimum Gasteiger partial charge on any atom is -0.394 e. The van der Waals surface area contributed by atoms with Gasteiger partial charge in [-0.2, -0.15) is 0 Å². The number of rotatable bonds is 22. The molecule has 0 bridgehead atoms. The summed E-state index contributed by atoms with van der Waals surface area (Å²) < 4.78 is 79.3. The summed E-state index contributed by atoms with van der Waals surface area (Å²) in [5.41, 5.74) is 0. The van der Waals surface area contributed by atoms with Crippen LogP contribution in [0.3, 0.4) is 0 Å². The van der Waals surface area contributed by atoms with E-state index in [2.05, 4.69) is 0 Å². The number of ether oxygens (including phenoxy) is 14. The molecule has 0 amide bonds. The molecule has 8 aliphatic heterocycles. The van der Waals surface area contributed by atoms with Gasteiger partial charge in [0.15, 0.2) is 44.0 Å². The van der Waals surface area contributed by atoms with E-state index in [-0.39, 0.29) is 23.7 Å². The van der Waals surface area contributed by atoms with Crippen LogP contribution in [0.2, 0.25) is 0 Å². The highest BCUT2D eigenvalue weighted by Gasteiger charge is 2.61. The van der Waals surface area contributed by atoms with Gasteiger partial charge in [0.05, 0.1) is 70.0 Å². The van der Waals surface area contributed by atoms with Gasteiger partial charge in [-0.3, -0.25) is 0 Å². The molecular weight excluding hydrogens is 1120 g/mol. The first-order valence-corrected chi connectivity index (χ1v) is 26.6. The Kier molecular flexibility index (Phi) is 22.9. The van der Waals surface area contributed by atoms with Gasteiger partial charge in [0.2, 0.25) is 0 Å². The summed E-state index contributed by atoms with van der Waals surface area (Å²) in [6.07, 6.45) is -59.6. The van der Waals surface area contributed by atoms with Crippen LogP contribution < -0.4 is 0 Å². The Hall–Kier alpha value is -1.05. The lowest BCUT2D eigenvalue weighted by molar-refractivity contribution is -0.396. The molecule has 0 radical (unpaired) electrons. The van der Waals surface area contributed by atoms with Crippen molar-refractivity contribution in [3.05, 3.63) is 0 Å². The minimum absolute atomic E-state index is 0.0283. The van der Waals surface area contributed by atoms with Crippen LogP contribution in [0.25, 0.3) is 0 Å². The molecule has 0 saturated carbocycles. The van der Waals surface area contributed by atoms with E-state index in [9.17, 15) is 102 Å². The van der Waals surface area contributed by atoms with Crippen molar-refractivity contribution >= 4 is 11.8 Å². The first-order valence-electron chi connectivity index (χ1n) is 25.7. The SMILES string of the molecule is OCCO[C@@H]1O[C@H](CO)[C@@H](O[C@H]2O[C@H](CO)[C@@H](O[C@H]3O[C@H](CO)[C@@H](O[C@H]4O[C@H](CO)[C@@H](O[C@H]5O[C@H](CO)[C@@H](O[C@H]6O[C@H](CO)[C@@H](O[C@H]7O[C@H](CO)[C@@H](O)[C@H](O)[C@@H]7O)[C@H](O)[C@H]6O)[C@H](O)[C@H]5O)[C@H](O)[C@H]4O)[C@H](O)[C@H]3O)[C@H](O)[C@H]2O)[C@H]2S[C@@H]12. The molecule has 8 aliphatic rings. The second kappa shape index (κ2) is 28.2. The fraction of sp³-hybridized carbons (Fsp3) is 1.00. The average Bonchev–Trinajstić information content (AvgIpc) is 4.29. The van der Waals surface area contributed by atoms with E-state index < -0.39 is 249 Å². The van der Waals surface area contributed by atoms with Gasteiger partial charge in [0.25, 0.3) is 0 Å². The van der Waals surface area contributed by atoms with E-state index in [0.29, 0.717) is 0 Å². The predicted molar refractivity (Wildman–Crippen MR) is 246 cm³/mol. The fourth-order valence-electron chi connectivity index (χ4n) is 10.5. The molecule has 0 spiro atoms. The molecule has 8 rings (SSSR count). The summed E-state index contributed by atoms with van der Waals surface area (Å²) in [6, 6.07) is 0. The van der Waals surface area contributed by atoms with Crippen LogP contribution in [0.1, 0.15) is 0 Å². The summed E-state index contributed by atoms with van der Waals surface area (Å²) in [5, 5.41) is 223. The van der Waals surface area contributed by atoms with Gasteiger partial charge in [0.1, 0.15) is 159 Å². The van der Waals surface area contributed by atoms with Crippen LogP contribution in [-0.4, -0.2) is 380 Å². The van der Waals surface area contributed by atoms with Crippen LogP contribution in [0.4, 0.5) is 0 Å². The summed E-state index contributed by atoms with van der Waals surface area (Å²) in [6.45, 7) is -6.62. The molecule has 8 heterocycles. The quantitative estimate of drug-likeness (QED) is 0.0448. The molecule has 8 saturated heterocycles. The van der Waals surface area contributed by atoms with Crippen molar-refractivity contribution in [2.45, 2.75) is 213 Å². The van der Waals surface area contributed by atoms with E-state index in [0.717, 1.165) is 0 Å². The Morgan fingerprint density at radius 2 is 0.487 bits per heavy atom. The largest absolute Gasteiger partial charge is 0.394 e. The standard InChI is InChI=1S/C44H74O35S/c45-1-2-66-44-37-36(80-37)35(16(9-52)73-44)79-43-29(65)23(59)34(15(8-51)72-43)78-42-28(64)22(58)33(14(7-50)71-42)77-41-27(63)21(57)32(13(6-49)70-41)76-40-26(62)20(56)31(12(5-48)69-40)75-39-25(61)19(55)30(11(4-47)68-39)74-38-24(60)18(54)17(53)10(3-46)67-38/h10-65H,1-9H2/t10-,11-,12-,13-,14-,15-,16-,17-,18+,19-,20-,21-,22-,23-,24+,25-,26-,27-,28-,29-,30-,31-,32-,33-,34-,35-,36-,37-,38-,39-,40-,41-,42-,43-,44-/m1/s1. The van der Waals surface area contributed by atoms with E-state index in [4.69, 9.17) is 71.4 Å². The Morgan fingerprint density at radius 1 is 0.250 bits per heavy atom. The van der Waals surface area contributed by atoms with Crippen molar-refractivity contribution in [3.63, 3.8) is 0 Å². The van der Waals surface area contributed by atoms with Gasteiger partial charge < -0.3 is 174 Å². The maximum absolute atomic E-state index is 11.4. The summed E-state index contributed by atoms with van der Waals surface area (Å²) in [4.78, 5) is 0. The van der Waals surface area contributed by atoms with Crippen molar-refractivity contribution in [2.75, 3.05) is 59.5 Å². The predicted octanol–water partition coefficient (Wildman–Crippen LogP) is -14.5. The summed E-state index contributed by atoms with van der Waals surface area (Å²) in [5.74, 6) is 0. The monoisotopic (exact) mass is 1190 g/mol. The molecule has 0 aromatic heterocycles. The van der Waals surface area contributed by atoms with Crippen LogP contribution in [0.15, 0.2) is 0 Å². The first-order chi connectivity index (χ1) is 38.2. The lowest BCUT2D eigenvalue weighted by atomic mass is 9.95. The van der Waals surface area contributed by atoms with Gasteiger partial charge in [-0.15, -0.1) is 11.8 Å². The molecule has 36 heteroatoms. The Morgan fingerprint density at radius 3 is 0.762 bits per heavy atom. The summed E-state index contributed by atoms with van der Waals surface area (Å²) in [7, 11) is 0. The van der Waals surface area contributed by atoms with Crippen molar-refractivity contribution in [1.82, 2.24) is 0 Å². The Labute approximate surface area is 457 Å². The lowest BCUT2D eigenvalue weighted by Crippen LogP contribution is -2.68. The third-order valence-electron chi connectivity index (χ3n) is 15.1. The molecule has 21 N–H and O–H groups in total. The number of aliphatic hydroxyl groups is 21. The molecule has 35 atom stereocenters. The van der Waals surface area contributed by atoms with Crippen molar-refractivity contribution < 1.29 is 174 Å². The lowest BCUT2D eigenvalue weighted by Gasteiger charge is -2.50. The zero-order chi connectivity index (χ0) is 58.2.